The van der Waals surface area contributed by atoms with Crippen LogP contribution in [0.15, 0.2) is 36.5 Å². The third kappa shape index (κ3) is 31.9. The van der Waals surface area contributed by atoms with Crippen LogP contribution in [0.5, 0.6) is 0 Å². The lowest BCUT2D eigenvalue weighted by atomic mass is 9.82. The van der Waals surface area contributed by atoms with E-state index in [9.17, 15) is 57.8 Å². The molecule has 0 aliphatic carbocycles. The smallest absolute Gasteiger partial charge is 0.245 e. The van der Waals surface area contributed by atoms with Crippen molar-refractivity contribution in [2.24, 2.45) is 65.1 Å². The number of aliphatic hydroxyl groups is 1. The van der Waals surface area contributed by atoms with Crippen LogP contribution >= 0.6 is 0 Å². The summed E-state index contributed by atoms with van der Waals surface area (Å²) in [5.41, 5.74) is 0. The molecule has 0 aromatic rings. The van der Waals surface area contributed by atoms with Gasteiger partial charge in [0.05, 0.1) is 48.9 Å². The Morgan fingerprint density at radius 3 is 1.54 bits per heavy atom. The quantitative estimate of drug-likeness (QED) is 0.0760. The van der Waals surface area contributed by atoms with Gasteiger partial charge in [0.1, 0.15) is 12.1 Å². The van der Waals surface area contributed by atoms with Crippen LogP contribution in [0.1, 0.15) is 229 Å². The number of ether oxygens (including phenoxy) is 1. The number of aliphatic hydroxyl groups excluding tert-OH is 1. The lowest BCUT2D eigenvalue weighted by Gasteiger charge is -2.36. The van der Waals surface area contributed by atoms with Crippen molar-refractivity contribution in [2.75, 3.05) is 54.4 Å². The van der Waals surface area contributed by atoms with E-state index in [1.807, 2.05) is 66.7 Å². The highest BCUT2D eigenvalue weighted by molar-refractivity contribution is 5.99. The Morgan fingerprint density at radius 1 is 0.520 bits per heavy atom. The zero-order valence-corrected chi connectivity index (χ0v) is 65.5. The lowest BCUT2D eigenvalue weighted by molar-refractivity contribution is -0.148. The van der Waals surface area contributed by atoms with E-state index in [0.717, 1.165) is 19.0 Å². The first-order valence-corrected chi connectivity index (χ1v) is 36.9. The van der Waals surface area contributed by atoms with E-state index in [1.54, 1.807) is 61.5 Å². The Hall–Kier alpha value is -5.73. The van der Waals surface area contributed by atoms with Crippen molar-refractivity contribution in [3.05, 3.63) is 36.5 Å². The van der Waals surface area contributed by atoms with Crippen LogP contribution < -0.4 is 10.6 Å². The standard InChI is InChI=1S/C70H121N7O13.C8H16/c1-23-27-30-47(15)65(84)53-41-60(81)63(46(13)14)76(22)69(88)51(35-42(5)6)39-59(80)56(37-44(9)10)73(19)68(87)49(17)71-66(85)48(16)38-58(79)55(36-43(7)8)74(20)70(89)52(45(11)12)40-61(82)64(50(18)90-34-29-28-33-77(25-3)26-4)75(21)62(83)32-31-57(78)54(24-2)72-67(53)86;1-4-5-6-7-8(2)3/h23,27-29,42-56,63-65,84H,24-26,30-41H2,1-22H3,(H,71,85)(H,72,86);5-6,8H,4,7H2,1-3H3/b27-23+,29-28+;6-5+/t47-,48-,49-,50-,51-,52+,53+,54+,55+,56+,63+,64+,65-;/m1./s1. The highest BCUT2D eigenvalue weighted by atomic mass is 16.5. The van der Waals surface area contributed by atoms with E-state index in [-0.39, 0.29) is 82.1 Å². The summed E-state index contributed by atoms with van der Waals surface area (Å²) >= 11 is 0. The maximum atomic E-state index is 14.9. The number of rotatable bonds is 24. The average molecular weight is 1380 g/mol. The van der Waals surface area contributed by atoms with Crippen LogP contribution in [0.25, 0.3) is 0 Å². The summed E-state index contributed by atoms with van der Waals surface area (Å²) in [4.78, 5) is 168. The fraction of sp³-hybridized carbons (Fsp3) is 0.782. The molecule has 20 heteroatoms. The molecule has 1 saturated heterocycles. The number of ketones is 5. The zero-order chi connectivity index (χ0) is 75.6. The van der Waals surface area contributed by atoms with Crippen molar-refractivity contribution >= 4 is 64.4 Å². The lowest BCUT2D eigenvalue weighted by Crippen LogP contribution is -2.53. The molecule has 0 radical (unpaired) electrons. The third-order valence-corrected chi connectivity index (χ3v) is 18.9. The second-order valence-corrected chi connectivity index (χ2v) is 30.1. The normalized spacial score (nSPS) is 25.4. The molecule has 0 spiro atoms. The molecule has 1 rings (SSSR count). The van der Waals surface area contributed by atoms with Gasteiger partial charge >= 0.3 is 0 Å². The molecule has 562 valence electrons. The summed E-state index contributed by atoms with van der Waals surface area (Å²) in [5.74, 6) is -11.0. The second kappa shape index (κ2) is 47.4. The first-order chi connectivity index (χ1) is 45.7. The summed E-state index contributed by atoms with van der Waals surface area (Å²) in [6.07, 6.45) is 11.0. The molecule has 20 nitrogen and oxygen atoms in total. The molecule has 98 heavy (non-hydrogen) atoms. The van der Waals surface area contributed by atoms with Gasteiger partial charge in [-0.2, -0.15) is 0 Å². The minimum absolute atomic E-state index is 0.0832. The minimum atomic E-state index is -1.39. The first kappa shape index (κ1) is 92.3. The maximum Gasteiger partial charge on any atom is 0.245 e. The Labute approximate surface area is 592 Å². The number of allylic oxidation sites excluding steroid dienone is 4. The number of nitrogens with zero attached hydrogens (tertiary/aromatic N) is 5. The summed E-state index contributed by atoms with van der Waals surface area (Å²) < 4.78 is 6.24. The summed E-state index contributed by atoms with van der Waals surface area (Å²) in [6.45, 7) is 41.7. The monoisotopic (exact) mass is 1380 g/mol. The molecule has 0 unspecified atom stereocenters. The molecule has 1 aliphatic rings. The van der Waals surface area contributed by atoms with Crippen molar-refractivity contribution in [1.82, 2.24) is 35.1 Å². The number of hydrogen-bond acceptors (Lipinski definition) is 14. The van der Waals surface area contributed by atoms with Gasteiger partial charge in [-0.25, -0.2) is 0 Å². The number of hydrogen-bond donors (Lipinski definition) is 3. The fourth-order valence-corrected chi connectivity index (χ4v) is 12.8. The number of likely N-dealkylation sites (N-methyl/N-ethyl adjacent to an activating group) is 5. The highest BCUT2D eigenvalue weighted by Crippen LogP contribution is 2.30. The Balaban J connectivity index is 0.0000110. The van der Waals surface area contributed by atoms with E-state index in [1.165, 1.54) is 67.6 Å². The van der Waals surface area contributed by atoms with Crippen LogP contribution in [0, 0.1) is 65.1 Å². The van der Waals surface area contributed by atoms with Gasteiger partial charge in [0.15, 0.2) is 28.9 Å². The number of amides is 6. The van der Waals surface area contributed by atoms with Crippen LogP contribution in [0.2, 0.25) is 0 Å². The van der Waals surface area contributed by atoms with Gasteiger partial charge in [-0.05, 0) is 120 Å². The van der Waals surface area contributed by atoms with E-state index in [0.29, 0.717) is 13.0 Å². The molecule has 1 fully saturated rings. The van der Waals surface area contributed by atoms with Crippen LogP contribution in [0.3, 0.4) is 0 Å². The van der Waals surface area contributed by atoms with Crippen LogP contribution in [-0.4, -0.2) is 197 Å². The van der Waals surface area contributed by atoms with Crippen LogP contribution in [0.4, 0.5) is 0 Å². The molecule has 0 aromatic heterocycles. The molecule has 0 aromatic carbocycles. The molecule has 3 N–H and O–H groups in total. The van der Waals surface area contributed by atoms with Crippen molar-refractivity contribution in [2.45, 2.75) is 277 Å². The first-order valence-electron chi connectivity index (χ1n) is 36.9. The summed E-state index contributed by atoms with van der Waals surface area (Å²) in [7, 11) is 5.93. The van der Waals surface area contributed by atoms with E-state index in [4.69, 9.17) is 4.74 Å². The molecule has 0 bridgehead atoms. The van der Waals surface area contributed by atoms with E-state index >= 15 is 0 Å². The second-order valence-electron chi connectivity index (χ2n) is 30.1. The topological polar surface area (TPSA) is 257 Å². The van der Waals surface area contributed by atoms with Gasteiger partial charge in [-0.15, -0.1) is 0 Å². The summed E-state index contributed by atoms with van der Waals surface area (Å²) in [6, 6.07) is -6.66. The van der Waals surface area contributed by atoms with E-state index < -0.39 is 161 Å². The Kier molecular flexibility index (Phi) is 44.6. The third-order valence-electron chi connectivity index (χ3n) is 18.9. The van der Waals surface area contributed by atoms with Gasteiger partial charge in [0.25, 0.3) is 0 Å². The highest BCUT2D eigenvalue weighted by Gasteiger charge is 2.43. The van der Waals surface area contributed by atoms with Crippen molar-refractivity contribution in [3.63, 3.8) is 0 Å². The van der Waals surface area contributed by atoms with Gasteiger partial charge < -0.3 is 45.0 Å². The number of carbonyl (C=O) groups is 11. The molecule has 0 saturated carbocycles. The number of Topliss-reactive ketones (excluding diaryl/α,β-unsaturated/α-hetero) is 5. The van der Waals surface area contributed by atoms with E-state index in [2.05, 4.69) is 62.3 Å². The maximum absolute atomic E-state index is 14.9. The van der Waals surface area contributed by atoms with Crippen molar-refractivity contribution in [3.8, 4) is 0 Å². The summed E-state index contributed by atoms with van der Waals surface area (Å²) in [5, 5.41) is 17.5. The molecular weight excluding hydrogens is 1240 g/mol. The predicted molar refractivity (Wildman–Crippen MR) is 392 cm³/mol. The molecule has 13 atom stereocenters. The number of nitrogens with one attached hydrogen (secondary N) is 2. The molecule has 1 aliphatic heterocycles. The largest absolute Gasteiger partial charge is 0.392 e. The Morgan fingerprint density at radius 2 is 1.05 bits per heavy atom. The van der Waals surface area contributed by atoms with Gasteiger partial charge in [-0.3, -0.25) is 52.7 Å². The molecule has 6 amide bonds. The van der Waals surface area contributed by atoms with Crippen molar-refractivity contribution in [1.29, 1.82) is 0 Å². The molecule has 1 heterocycles. The van der Waals surface area contributed by atoms with Gasteiger partial charge in [0.2, 0.25) is 35.4 Å². The van der Waals surface area contributed by atoms with Gasteiger partial charge in [0, 0.05) is 91.0 Å². The zero-order valence-electron chi connectivity index (χ0n) is 65.5. The minimum Gasteiger partial charge on any atom is -0.392 e. The average Bonchev–Trinajstić information content (AvgIpc) is 0.831. The number of carbonyl (C=O) groups excluding carboxylic acids is 11. The van der Waals surface area contributed by atoms with Crippen molar-refractivity contribution < 1.29 is 62.6 Å². The Bertz CT molecular complexity index is 2590. The SMILES string of the molecule is C/C=C/C[C@@H](C)[C@@H](O)[C@@H]1CC(=O)[C@H](C(C)C)N(C)C(=O)[C@H](CC(C)C)CC(=O)[C@H](CC(C)C)N(C)C(=O)[C@@H](C)NC(=O)[C@H](C)CC(=O)[C@H](CC(C)C)N(C)C(=O)[C@H](C(C)C)CC(=O)[C@H]([C@@H](C)OC/C=C/CN(CC)CC)N(C)C(=O)CCC(=O)[C@H](CC)NC1=O.CC/C=C/CC(C)C. The predicted octanol–water partition coefficient (Wildman–Crippen LogP) is 11.1. The van der Waals surface area contributed by atoms with Crippen LogP contribution in [-0.2, 0) is 57.5 Å². The molecular formula is C78H137N7O13. The van der Waals surface area contributed by atoms with Gasteiger partial charge in [-0.1, -0.05) is 161 Å². The fourth-order valence-electron chi connectivity index (χ4n) is 12.8.